The summed E-state index contributed by atoms with van der Waals surface area (Å²) in [7, 11) is 0. The van der Waals surface area contributed by atoms with E-state index < -0.39 is 17.4 Å². The average Bonchev–Trinajstić information content (AvgIpc) is 3.23. The van der Waals surface area contributed by atoms with Crippen molar-refractivity contribution < 1.29 is 33.5 Å². The van der Waals surface area contributed by atoms with Crippen molar-refractivity contribution in [3.63, 3.8) is 0 Å². The number of benzene rings is 1. The Kier molecular flexibility index (Phi) is 13.5. The van der Waals surface area contributed by atoms with E-state index in [9.17, 15) is 28.8 Å². The topological polar surface area (TPSA) is 139 Å². The lowest BCUT2D eigenvalue weighted by Crippen LogP contribution is -2.45. The van der Waals surface area contributed by atoms with Gasteiger partial charge in [0.25, 0.3) is 0 Å². The maximum atomic E-state index is 13.1. The number of hydrogen-bond acceptors (Lipinski definition) is 7. The number of unbranched alkanes of at least 4 members (excludes halogenated alkanes) is 2. The fourth-order valence-electron chi connectivity index (χ4n) is 5.03. The van der Waals surface area contributed by atoms with Crippen molar-refractivity contribution in [1.29, 1.82) is 0 Å². The van der Waals surface area contributed by atoms with Gasteiger partial charge in [0.15, 0.2) is 5.78 Å². The van der Waals surface area contributed by atoms with Gasteiger partial charge in [-0.15, -0.1) is 0 Å². The van der Waals surface area contributed by atoms with Gasteiger partial charge in [0.2, 0.25) is 23.6 Å². The third-order valence-electron chi connectivity index (χ3n) is 8.06. The molecule has 45 heavy (non-hydrogen) atoms. The van der Waals surface area contributed by atoms with Gasteiger partial charge >= 0.3 is 5.97 Å². The molecule has 4 amide bonds. The smallest absolute Gasteiger partial charge is 0.311 e. The molecule has 1 saturated heterocycles. The Balaban J connectivity index is 1.77. The number of nitrogens with one attached hydrogen (secondary N) is 2. The molecule has 0 spiro atoms. The van der Waals surface area contributed by atoms with E-state index in [-0.39, 0.29) is 78.5 Å². The van der Waals surface area contributed by atoms with Crippen molar-refractivity contribution in [1.82, 2.24) is 10.2 Å². The van der Waals surface area contributed by atoms with E-state index in [0.717, 1.165) is 5.56 Å². The van der Waals surface area contributed by atoms with Crippen LogP contribution in [0.2, 0.25) is 0 Å². The number of anilines is 1. The van der Waals surface area contributed by atoms with E-state index in [2.05, 4.69) is 10.6 Å². The summed E-state index contributed by atoms with van der Waals surface area (Å²) in [6.07, 6.45) is 2.31. The summed E-state index contributed by atoms with van der Waals surface area (Å²) in [4.78, 5) is 76.9. The van der Waals surface area contributed by atoms with Gasteiger partial charge in [-0.2, -0.15) is 0 Å². The largest absolute Gasteiger partial charge is 0.460 e. The van der Waals surface area contributed by atoms with Gasteiger partial charge in [0.1, 0.15) is 6.61 Å². The molecule has 1 aliphatic rings. The Hall–Kier alpha value is -3.56. The summed E-state index contributed by atoms with van der Waals surface area (Å²) < 4.78 is 5.32. The van der Waals surface area contributed by atoms with E-state index in [1.165, 1.54) is 4.90 Å². The predicted octanol–water partition coefficient (Wildman–Crippen LogP) is 5.43. The third kappa shape index (κ3) is 11.7. The van der Waals surface area contributed by atoms with Gasteiger partial charge in [-0.1, -0.05) is 60.1 Å². The molecule has 1 unspecified atom stereocenters. The second-order valence-electron chi connectivity index (χ2n) is 14.7. The Bertz CT molecular complexity index is 1230. The minimum Gasteiger partial charge on any atom is -0.460 e. The molecular formula is C35H53N3O7. The number of nitrogens with zero attached hydrogens (tertiary/aromatic N) is 1. The minimum absolute atomic E-state index is 0.0246. The van der Waals surface area contributed by atoms with Crippen LogP contribution in [-0.2, 0) is 40.1 Å². The fourth-order valence-corrected chi connectivity index (χ4v) is 5.03. The molecule has 0 radical (unpaired) electrons. The highest BCUT2D eigenvalue weighted by Gasteiger charge is 2.44. The molecule has 0 bridgehead atoms. The Labute approximate surface area is 268 Å². The number of carbonyl (C=O) groups excluding carboxylic acids is 6. The highest BCUT2D eigenvalue weighted by atomic mass is 16.5. The quantitative estimate of drug-likeness (QED) is 0.150. The zero-order valence-corrected chi connectivity index (χ0v) is 28.6. The number of likely N-dealkylation sites (tertiary alicyclic amines) is 1. The number of Topliss-reactive ketones (excluding diaryl/α,β-unsaturated/α-hetero) is 1. The van der Waals surface area contributed by atoms with Crippen LogP contribution in [0.3, 0.4) is 0 Å². The second-order valence-corrected chi connectivity index (χ2v) is 14.7. The summed E-state index contributed by atoms with van der Waals surface area (Å²) in [5.74, 6) is -2.36. The number of imide groups is 1. The number of esters is 1. The van der Waals surface area contributed by atoms with Crippen molar-refractivity contribution in [3.05, 3.63) is 29.8 Å². The van der Waals surface area contributed by atoms with Crippen molar-refractivity contribution in [3.8, 4) is 0 Å². The molecular weight excluding hydrogens is 574 g/mol. The zero-order valence-electron chi connectivity index (χ0n) is 28.6. The first-order valence-electron chi connectivity index (χ1n) is 16.0. The average molecular weight is 628 g/mol. The van der Waals surface area contributed by atoms with Crippen LogP contribution in [-0.4, -0.2) is 52.9 Å². The van der Waals surface area contributed by atoms with Crippen molar-refractivity contribution in [2.24, 2.45) is 28.6 Å². The molecule has 10 heteroatoms. The molecule has 1 aromatic carbocycles. The maximum Gasteiger partial charge on any atom is 0.311 e. The third-order valence-corrected chi connectivity index (χ3v) is 8.06. The molecule has 0 saturated carbocycles. The monoisotopic (exact) mass is 627 g/mol. The fraction of sp³-hybridized carbons (Fsp3) is 0.657. The molecule has 2 N–H and O–H groups in total. The molecule has 1 heterocycles. The normalized spacial score (nSPS) is 16.8. The molecule has 1 fully saturated rings. The Morgan fingerprint density at radius 3 is 2.09 bits per heavy atom. The van der Waals surface area contributed by atoms with Gasteiger partial charge in [-0.05, 0) is 62.6 Å². The first-order valence-corrected chi connectivity index (χ1v) is 16.0. The predicted molar refractivity (Wildman–Crippen MR) is 173 cm³/mol. The highest BCUT2D eigenvalue weighted by Crippen LogP contribution is 2.35. The molecule has 0 aliphatic carbocycles. The summed E-state index contributed by atoms with van der Waals surface area (Å²) in [6, 6.07) is 6.25. The van der Waals surface area contributed by atoms with E-state index in [4.69, 9.17) is 4.74 Å². The summed E-state index contributed by atoms with van der Waals surface area (Å²) in [6.45, 7) is 17.1. The number of amides is 4. The van der Waals surface area contributed by atoms with Gasteiger partial charge in [0, 0.05) is 37.4 Å². The van der Waals surface area contributed by atoms with Gasteiger partial charge < -0.3 is 15.4 Å². The van der Waals surface area contributed by atoms with Crippen LogP contribution >= 0.6 is 0 Å². The van der Waals surface area contributed by atoms with Crippen LogP contribution in [0, 0.1) is 28.6 Å². The van der Waals surface area contributed by atoms with Crippen LogP contribution in [0.5, 0.6) is 0 Å². The molecule has 1 aliphatic heterocycles. The lowest BCUT2D eigenvalue weighted by Gasteiger charge is -2.24. The number of ether oxygens (including phenoxy) is 1. The molecule has 2 rings (SSSR count). The zero-order chi connectivity index (χ0) is 34.1. The summed E-state index contributed by atoms with van der Waals surface area (Å²) in [5, 5.41) is 5.65. The van der Waals surface area contributed by atoms with E-state index in [1.807, 2.05) is 34.6 Å². The van der Waals surface area contributed by atoms with Crippen LogP contribution in [0.15, 0.2) is 24.3 Å². The second kappa shape index (κ2) is 16.1. The van der Waals surface area contributed by atoms with Crippen LogP contribution in [0.1, 0.15) is 106 Å². The standard InChI is InChI=1S/C35H53N3O7/c1-22(2)30(37-28(40)13-11-10-12-18-38-29(41)20-26(32(38)43)34(4,5)6)27(39)19-23(3)31(42)36-25-16-14-24(15-17-25)21-45-33(44)35(7,8)9/h14-17,22-23,26,30H,10-13,18-21H2,1-9H3,(H,36,42)(H,37,40)/t23-,26?,30+/m1/s1. The number of ketones is 1. The van der Waals surface area contributed by atoms with Crippen LogP contribution in [0.4, 0.5) is 5.69 Å². The van der Waals surface area contributed by atoms with Crippen LogP contribution in [0.25, 0.3) is 0 Å². The number of carbonyl (C=O) groups is 6. The number of hydrogen-bond donors (Lipinski definition) is 2. The first kappa shape index (κ1) is 37.6. The molecule has 0 aromatic heterocycles. The van der Waals surface area contributed by atoms with Gasteiger partial charge in [-0.25, -0.2) is 0 Å². The summed E-state index contributed by atoms with van der Waals surface area (Å²) >= 11 is 0. The molecule has 10 nitrogen and oxygen atoms in total. The van der Waals surface area contributed by atoms with Crippen molar-refractivity contribution in [2.45, 2.75) is 113 Å². The Morgan fingerprint density at radius 2 is 1.56 bits per heavy atom. The van der Waals surface area contributed by atoms with Crippen LogP contribution < -0.4 is 10.6 Å². The molecule has 3 atom stereocenters. The maximum absolute atomic E-state index is 13.1. The minimum atomic E-state index is -0.711. The first-order chi connectivity index (χ1) is 20.8. The van der Waals surface area contributed by atoms with Gasteiger partial charge in [0.05, 0.1) is 17.4 Å². The highest BCUT2D eigenvalue weighted by molar-refractivity contribution is 6.03. The van der Waals surface area contributed by atoms with Crippen molar-refractivity contribution in [2.75, 3.05) is 11.9 Å². The van der Waals surface area contributed by atoms with E-state index >= 15 is 0 Å². The van der Waals surface area contributed by atoms with Crippen molar-refractivity contribution >= 4 is 41.1 Å². The van der Waals surface area contributed by atoms with E-state index in [0.29, 0.717) is 31.5 Å². The molecule has 250 valence electrons. The Morgan fingerprint density at radius 1 is 0.933 bits per heavy atom. The van der Waals surface area contributed by atoms with E-state index in [1.54, 1.807) is 52.0 Å². The lowest BCUT2D eigenvalue weighted by atomic mass is 9.80. The SMILES string of the molecule is CC(C)[C@H](NC(=O)CCCCCN1C(=O)CC(C(C)(C)C)C1=O)C(=O)C[C@@H](C)C(=O)Nc1ccc(COC(=O)C(C)(C)C)cc1. The molecule has 1 aromatic rings. The van der Waals surface area contributed by atoms with Gasteiger partial charge in [-0.3, -0.25) is 33.7 Å². The lowest BCUT2D eigenvalue weighted by molar-refractivity contribution is -0.154. The number of rotatable bonds is 15. The summed E-state index contributed by atoms with van der Waals surface area (Å²) in [5.41, 5.74) is 0.502.